The molecular formula is C11H18Cl3N3O3S2. The highest BCUT2D eigenvalue weighted by molar-refractivity contribution is 7.91. The lowest BCUT2D eigenvalue weighted by atomic mass is 10.2. The quantitative estimate of drug-likeness (QED) is 0.365. The van der Waals surface area contributed by atoms with Gasteiger partial charge in [-0.1, -0.05) is 48.7 Å². The number of hydrogen-bond donors (Lipinski definition) is 3. The molecule has 0 aromatic heterocycles. The van der Waals surface area contributed by atoms with Crippen molar-refractivity contribution in [3.8, 4) is 0 Å². The van der Waals surface area contributed by atoms with E-state index in [2.05, 4.69) is 16.0 Å². The van der Waals surface area contributed by atoms with Gasteiger partial charge in [0.2, 0.25) is 9.70 Å². The van der Waals surface area contributed by atoms with E-state index in [1.54, 1.807) is 13.8 Å². The Kier molecular flexibility index (Phi) is 7.01. The zero-order chi connectivity index (χ0) is 17.1. The number of carbonyl (C=O) groups is 1. The third-order valence-corrected chi connectivity index (χ3v) is 5.64. The molecule has 6 nitrogen and oxygen atoms in total. The lowest BCUT2D eigenvalue weighted by Crippen LogP contribution is -2.59. The maximum atomic E-state index is 11.7. The average Bonchev–Trinajstić information content (AvgIpc) is 2.66. The predicted molar refractivity (Wildman–Crippen MR) is 93.0 cm³/mol. The van der Waals surface area contributed by atoms with Crippen molar-refractivity contribution in [2.24, 2.45) is 5.92 Å². The van der Waals surface area contributed by atoms with Gasteiger partial charge in [-0.05, 0) is 18.6 Å². The van der Waals surface area contributed by atoms with Crippen molar-refractivity contribution in [3.05, 3.63) is 0 Å². The second kappa shape index (κ2) is 7.70. The molecule has 3 N–H and O–H groups in total. The third-order valence-electron chi connectivity index (χ3n) is 2.98. The van der Waals surface area contributed by atoms with Crippen LogP contribution in [0.4, 0.5) is 0 Å². The van der Waals surface area contributed by atoms with E-state index in [0.717, 1.165) is 0 Å². The first-order chi connectivity index (χ1) is 9.90. The molecule has 0 aromatic carbocycles. The Balaban J connectivity index is 2.62. The molecule has 22 heavy (non-hydrogen) atoms. The highest BCUT2D eigenvalue weighted by atomic mass is 35.6. The van der Waals surface area contributed by atoms with Crippen LogP contribution in [0.1, 0.15) is 20.3 Å². The van der Waals surface area contributed by atoms with Crippen LogP contribution in [0.3, 0.4) is 0 Å². The fraction of sp³-hybridized carbons (Fsp3) is 0.818. The van der Waals surface area contributed by atoms with E-state index in [0.29, 0.717) is 6.42 Å². The molecule has 1 aliphatic rings. The smallest absolute Gasteiger partial charge is 0.228 e. The summed E-state index contributed by atoms with van der Waals surface area (Å²) < 4.78 is 21.0. The van der Waals surface area contributed by atoms with E-state index in [1.165, 1.54) is 0 Å². The van der Waals surface area contributed by atoms with Gasteiger partial charge in [0.15, 0.2) is 14.9 Å². The summed E-state index contributed by atoms with van der Waals surface area (Å²) in [5.41, 5.74) is 0. The Bertz CT molecular complexity index is 534. The number of nitrogens with one attached hydrogen (secondary N) is 3. The first kappa shape index (κ1) is 20.0. The summed E-state index contributed by atoms with van der Waals surface area (Å²) in [5, 5.41) is 8.20. The van der Waals surface area contributed by atoms with Crippen LogP contribution in [0, 0.1) is 5.92 Å². The molecule has 0 unspecified atom stereocenters. The normalized spacial score (nSPS) is 22.2. The molecule has 1 saturated heterocycles. The number of carbonyl (C=O) groups excluding carboxylic acids is 1. The summed E-state index contributed by atoms with van der Waals surface area (Å²) in [4.78, 5) is 11.7. The zero-order valence-electron chi connectivity index (χ0n) is 12.0. The van der Waals surface area contributed by atoms with Gasteiger partial charge in [0.1, 0.15) is 6.17 Å². The molecule has 1 fully saturated rings. The van der Waals surface area contributed by atoms with Crippen molar-refractivity contribution in [2.45, 2.75) is 36.3 Å². The van der Waals surface area contributed by atoms with Gasteiger partial charge in [-0.15, -0.1) is 0 Å². The van der Waals surface area contributed by atoms with Crippen LogP contribution in [-0.4, -0.2) is 46.9 Å². The molecule has 0 bridgehead atoms. The third kappa shape index (κ3) is 6.62. The van der Waals surface area contributed by atoms with E-state index >= 15 is 0 Å². The minimum absolute atomic E-state index is 0.00556. The summed E-state index contributed by atoms with van der Waals surface area (Å²) in [6, 6.07) is -0.290. The predicted octanol–water partition coefficient (Wildman–Crippen LogP) is 1.11. The minimum atomic E-state index is -3.03. The van der Waals surface area contributed by atoms with Crippen LogP contribution in [-0.2, 0) is 14.6 Å². The number of halogens is 3. The Morgan fingerprint density at radius 2 is 1.86 bits per heavy atom. The highest BCUT2D eigenvalue weighted by Gasteiger charge is 2.36. The van der Waals surface area contributed by atoms with Gasteiger partial charge in [0.05, 0.1) is 11.5 Å². The van der Waals surface area contributed by atoms with Crippen LogP contribution in [0.2, 0.25) is 0 Å². The Morgan fingerprint density at radius 3 is 2.27 bits per heavy atom. The largest absolute Gasteiger partial charge is 0.359 e. The fourth-order valence-corrected chi connectivity index (χ4v) is 4.06. The van der Waals surface area contributed by atoms with Crippen LogP contribution >= 0.6 is 47.0 Å². The van der Waals surface area contributed by atoms with Crippen LogP contribution in [0.25, 0.3) is 0 Å². The standard InChI is InChI=1S/C11H18Cl3N3O3S2/c1-6(2)8(18)16-9(11(12,13)14)17-10(21)15-7-3-4-22(19,20)5-7/h6-7,9H,3-5H2,1-2H3,(H,16,18)(H2,15,17,21)/t7-,9+/m1/s1. The van der Waals surface area contributed by atoms with Gasteiger partial charge in [-0.3, -0.25) is 4.79 Å². The van der Waals surface area contributed by atoms with Gasteiger partial charge in [-0.25, -0.2) is 8.42 Å². The van der Waals surface area contributed by atoms with Crippen molar-refractivity contribution in [1.82, 2.24) is 16.0 Å². The molecular weight excluding hydrogens is 393 g/mol. The minimum Gasteiger partial charge on any atom is -0.359 e. The Hall–Kier alpha value is -0.0200. The molecule has 1 heterocycles. The van der Waals surface area contributed by atoms with Crippen molar-refractivity contribution in [3.63, 3.8) is 0 Å². The molecule has 0 radical (unpaired) electrons. The summed E-state index contributed by atoms with van der Waals surface area (Å²) in [6.07, 6.45) is -0.577. The van der Waals surface area contributed by atoms with Crippen LogP contribution < -0.4 is 16.0 Å². The number of rotatable bonds is 4. The maximum Gasteiger partial charge on any atom is 0.228 e. The maximum absolute atomic E-state index is 11.7. The van der Waals surface area contributed by atoms with Gasteiger partial charge >= 0.3 is 0 Å². The molecule has 0 aliphatic carbocycles. The second-order valence-corrected chi connectivity index (χ2v) is 10.4. The molecule has 1 rings (SSSR count). The van der Waals surface area contributed by atoms with E-state index < -0.39 is 19.8 Å². The molecule has 128 valence electrons. The lowest BCUT2D eigenvalue weighted by Gasteiger charge is -2.29. The average molecular weight is 411 g/mol. The molecule has 11 heteroatoms. The number of hydrogen-bond acceptors (Lipinski definition) is 4. The first-order valence-electron chi connectivity index (χ1n) is 6.55. The summed E-state index contributed by atoms with van der Waals surface area (Å²) >= 11 is 22.6. The van der Waals surface area contributed by atoms with Crippen molar-refractivity contribution < 1.29 is 13.2 Å². The Morgan fingerprint density at radius 1 is 1.27 bits per heavy atom. The van der Waals surface area contributed by atoms with Crippen molar-refractivity contribution in [1.29, 1.82) is 0 Å². The summed E-state index contributed by atoms with van der Waals surface area (Å²) in [7, 11) is -3.03. The zero-order valence-corrected chi connectivity index (χ0v) is 15.9. The highest BCUT2D eigenvalue weighted by Crippen LogP contribution is 2.29. The van der Waals surface area contributed by atoms with Crippen LogP contribution in [0.15, 0.2) is 0 Å². The number of sulfone groups is 1. The van der Waals surface area contributed by atoms with E-state index in [-0.39, 0.29) is 34.5 Å². The first-order valence-corrected chi connectivity index (χ1v) is 9.91. The lowest BCUT2D eigenvalue weighted by molar-refractivity contribution is -0.124. The summed E-state index contributed by atoms with van der Waals surface area (Å²) in [5.74, 6) is -0.482. The topological polar surface area (TPSA) is 87.3 Å². The SMILES string of the molecule is CC(C)C(=O)N[C@@H](NC(=S)N[C@@H]1CCS(=O)(=O)C1)C(Cl)(Cl)Cl. The van der Waals surface area contributed by atoms with Gasteiger partial charge in [-0.2, -0.15) is 0 Å². The second-order valence-electron chi connectivity index (χ2n) is 5.36. The monoisotopic (exact) mass is 409 g/mol. The van der Waals surface area contributed by atoms with Gasteiger partial charge in [0, 0.05) is 12.0 Å². The summed E-state index contributed by atoms with van der Waals surface area (Å²) in [6.45, 7) is 3.40. The number of amides is 1. The molecule has 0 aromatic rings. The molecule has 0 spiro atoms. The van der Waals surface area contributed by atoms with Crippen molar-refractivity contribution in [2.75, 3.05) is 11.5 Å². The van der Waals surface area contributed by atoms with Crippen LogP contribution in [0.5, 0.6) is 0 Å². The van der Waals surface area contributed by atoms with E-state index in [4.69, 9.17) is 47.0 Å². The molecule has 2 atom stereocenters. The molecule has 0 saturated carbocycles. The van der Waals surface area contributed by atoms with Crippen molar-refractivity contribution >= 4 is 67.9 Å². The van der Waals surface area contributed by atoms with Gasteiger partial charge in [0.25, 0.3) is 0 Å². The Labute approximate surface area is 150 Å². The van der Waals surface area contributed by atoms with Gasteiger partial charge < -0.3 is 16.0 Å². The molecule has 1 amide bonds. The fourth-order valence-electron chi connectivity index (χ4n) is 1.78. The number of alkyl halides is 3. The molecule has 1 aliphatic heterocycles. The van der Waals surface area contributed by atoms with E-state index in [9.17, 15) is 13.2 Å². The van der Waals surface area contributed by atoms with E-state index in [1.807, 2.05) is 0 Å². The number of thiocarbonyl (C=S) groups is 1.